The summed E-state index contributed by atoms with van der Waals surface area (Å²) in [6, 6.07) is 0. The summed E-state index contributed by atoms with van der Waals surface area (Å²) < 4.78 is 35.9. The molecule has 0 radical (unpaired) electrons. The molecule has 3 heterocycles. The first-order chi connectivity index (χ1) is 11.0. The number of dihydropyridines is 1. The van der Waals surface area contributed by atoms with E-state index in [0.717, 1.165) is 0 Å². The highest BCUT2D eigenvalue weighted by Crippen LogP contribution is 2.27. The molecule has 11 heteroatoms. The van der Waals surface area contributed by atoms with Crippen LogP contribution in [0.1, 0.15) is 5.56 Å². The molecule has 3 rings (SSSR count). The lowest BCUT2D eigenvalue weighted by Gasteiger charge is -2.12. The number of nitrogens with one attached hydrogen (secondary N) is 3. The Balaban J connectivity index is 1.69. The summed E-state index contributed by atoms with van der Waals surface area (Å²) in [5, 5.41) is 10.9. The SMILES string of the molecule is O=C(N[S@](=O)O)C1NC(c2cnn(C3=CC(F)=CNC3)c2)=CS1. The van der Waals surface area contributed by atoms with Crippen LogP contribution in [0, 0.1) is 0 Å². The van der Waals surface area contributed by atoms with Gasteiger partial charge in [0, 0.05) is 18.0 Å². The lowest BCUT2D eigenvalue weighted by Crippen LogP contribution is -2.39. The average molecular weight is 357 g/mol. The monoisotopic (exact) mass is 357 g/mol. The highest BCUT2D eigenvalue weighted by molar-refractivity contribution is 8.03. The molecule has 2 aliphatic heterocycles. The van der Waals surface area contributed by atoms with Crippen LogP contribution in [0.5, 0.6) is 0 Å². The zero-order valence-corrected chi connectivity index (χ0v) is 13.2. The molecule has 0 saturated carbocycles. The number of hydrogen-bond acceptors (Lipinski definition) is 6. The van der Waals surface area contributed by atoms with Crippen molar-refractivity contribution in [2.24, 2.45) is 0 Å². The van der Waals surface area contributed by atoms with Crippen molar-refractivity contribution in [3.63, 3.8) is 0 Å². The Hall–Kier alpha value is -2.11. The lowest BCUT2D eigenvalue weighted by molar-refractivity contribution is -0.119. The minimum Gasteiger partial charge on any atom is -0.383 e. The van der Waals surface area contributed by atoms with Gasteiger partial charge in [-0.1, -0.05) is 11.8 Å². The Kier molecular flexibility index (Phi) is 4.50. The third kappa shape index (κ3) is 3.63. The second-order valence-electron chi connectivity index (χ2n) is 4.63. The van der Waals surface area contributed by atoms with E-state index in [2.05, 4.69) is 15.7 Å². The molecule has 122 valence electrons. The summed E-state index contributed by atoms with van der Waals surface area (Å²) in [5.41, 5.74) is 2.02. The van der Waals surface area contributed by atoms with Crippen LogP contribution >= 0.6 is 11.8 Å². The largest absolute Gasteiger partial charge is 0.383 e. The summed E-state index contributed by atoms with van der Waals surface area (Å²) in [5.74, 6) is -0.980. The minimum absolute atomic E-state index is 0.384. The van der Waals surface area contributed by atoms with E-state index < -0.39 is 22.5 Å². The first-order valence-corrected chi connectivity index (χ1v) is 8.46. The van der Waals surface area contributed by atoms with E-state index in [4.69, 9.17) is 4.55 Å². The number of hydrogen-bond donors (Lipinski definition) is 4. The van der Waals surface area contributed by atoms with Crippen LogP contribution in [-0.4, -0.2) is 36.4 Å². The number of halogens is 1. The topological polar surface area (TPSA) is 108 Å². The predicted octanol–water partition coefficient (Wildman–Crippen LogP) is 0.352. The molecule has 4 N–H and O–H groups in total. The number of rotatable bonds is 4. The van der Waals surface area contributed by atoms with Gasteiger partial charge in [0.05, 0.1) is 24.1 Å². The summed E-state index contributed by atoms with van der Waals surface area (Å²) >= 11 is -1.22. The maximum atomic E-state index is 13.2. The van der Waals surface area contributed by atoms with Crippen LogP contribution in [-0.2, 0) is 16.1 Å². The second-order valence-corrected chi connectivity index (χ2v) is 6.31. The predicted molar refractivity (Wildman–Crippen MR) is 85.1 cm³/mol. The van der Waals surface area contributed by atoms with Crippen molar-refractivity contribution in [3.05, 3.63) is 41.5 Å². The molecule has 8 nitrogen and oxygen atoms in total. The van der Waals surface area contributed by atoms with Gasteiger partial charge in [-0.25, -0.2) is 18.0 Å². The van der Waals surface area contributed by atoms with E-state index in [-0.39, 0.29) is 5.83 Å². The zero-order chi connectivity index (χ0) is 16.4. The fourth-order valence-corrected chi connectivity index (χ4v) is 3.25. The van der Waals surface area contributed by atoms with Gasteiger partial charge in [0.25, 0.3) is 17.2 Å². The molecule has 1 aromatic heterocycles. The number of allylic oxidation sites excluding steroid dienone is 2. The van der Waals surface area contributed by atoms with Crippen molar-refractivity contribution in [2.75, 3.05) is 6.54 Å². The molecular weight excluding hydrogens is 345 g/mol. The van der Waals surface area contributed by atoms with Gasteiger partial charge in [-0.3, -0.25) is 9.35 Å². The van der Waals surface area contributed by atoms with Gasteiger partial charge in [-0.2, -0.15) is 5.10 Å². The van der Waals surface area contributed by atoms with Gasteiger partial charge in [-0.05, 0) is 11.5 Å². The normalized spacial score (nSPS) is 21.5. The quantitative estimate of drug-likeness (QED) is 0.576. The smallest absolute Gasteiger partial charge is 0.266 e. The number of aromatic nitrogens is 2. The van der Waals surface area contributed by atoms with Gasteiger partial charge < -0.3 is 10.6 Å². The van der Waals surface area contributed by atoms with Crippen molar-refractivity contribution in [1.29, 1.82) is 0 Å². The first-order valence-electron chi connectivity index (χ1n) is 6.41. The lowest BCUT2D eigenvalue weighted by atomic mass is 10.2. The van der Waals surface area contributed by atoms with Gasteiger partial charge in [-0.15, -0.1) is 0 Å². The van der Waals surface area contributed by atoms with E-state index in [1.165, 1.54) is 28.7 Å². The molecule has 0 fully saturated rings. The highest BCUT2D eigenvalue weighted by Gasteiger charge is 2.26. The maximum Gasteiger partial charge on any atom is 0.266 e. The molecule has 0 aromatic carbocycles. The molecule has 0 bridgehead atoms. The summed E-state index contributed by atoms with van der Waals surface area (Å²) in [7, 11) is 0. The Morgan fingerprint density at radius 1 is 1.61 bits per heavy atom. The van der Waals surface area contributed by atoms with Gasteiger partial charge in [0.1, 0.15) is 5.83 Å². The molecule has 0 saturated heterocycles. The zero-order valence-electron chi connectivity index (χ0n) is 11.5. The minimum atomic E-state index is -2.40. The number of carbonyl (C=O) groups excluding carboxylic acids is 1. The number of nitrogens with zero attached hydrogens (tertiary/aromatic N) is 2. The second kappa shape index (κ2) is 6.56. The van der Waals surface area contributed by atoms with E-state index in [1.807, 2.05) is 4.72 Å². The molecule has 1 amide bonds. The molecule has 1 aromatic rings. The highest BCUT2D eigenvalue weighted by atomic mass is 32.2. The van der Waals surface area contributed by atoms with E-state index in [9.17, 15) is 13.4 Å². The van der Waals surface area contributed by atoms with Crippen molar-refractivity contribution in [2.45, 2.75) is 5.37 Å². The Bertz CT molecular complexity index is 758. The van der Waals surface area contributed by atoms with Crippen LogP contribution < -0.4 is 15.4 Å². The van der Waals surface area contributed by atoms with E-state index in [0.29, 0.717) is 23.5 Å². The van der Waals surface area contributed by atoms with Crippen LogP contribution in [0.15, 0.2) is 35.9 Å². The first kappa shape index (κ1) is 15.8. The van der Waals surface area contributed by atoms with Crippen LogP contribution in [0.25, 0.3) is 11.4 Å². The fraction of sp³-hybridized carbons (Fsp3) is 0.167. The van der Waals surface area contributed by atoms with Crippen molar-refractivity contribution in [1.82, 2.24) is 25.1 Å². The summed E-state index contributed by atoms with van der Waals surface area (Å²) in [6.45, 7) is 0.448. The number of thioether (sulfide) groups is 1. The molecular formula is C12H12FN5O3S2. The molecule has 0 aliphatic carbocycles. The van der Waals surface area contributed by atoms with Gasteiger partial charge in [0.15, 0.2) is 5.37 Å². The van der Waals surface area contributed by atoms with Gasteiger partial charge >= 0.3 is 0 Å². The van der Waals surface area contributed by atoms with E-state index in [1.54, 1.807) is 17.8 Å². The average Bonchev–Trinajstić information content (AvgIpc) is 3.16. The van der Waals surface area contributed by atoms with Crippen molar-refractivity contribution in [3.8, 4) is 0 Å². The van der Waals surface area contributed by atoms with Crippen LogP contribution in [0.3, 0.4) is 0 Å². The van der Waals surface area contributed by atoms with Gasteiger partial charge in [0.2, 0.25) is 0 Å². The van der Waals surface area contributed by atoms with Crippen LogP contribution in [0.4, 0.5) is 4.39 Å². The standard InChI is InChI=1S/C12H12FN5O3S2/c13-8-1-9(4-14-3-8)18-5-7(2-15-18)10-6-22-12(16-10)11(19)17-23(20)21/h1-3,5-6,12,14,16H,4H2,(H,17,19)(H,20,21). The molecule has 1 unspecified atom stereocenters. The van der Waals surface area contributed by atoms with E-state index >= 15 is 0 Å². The van der Waals surface area contributed by atoms with Crippen LogP contribution in [0.2, 0.25) is 0 Å². The molecule has 0 spiro atoms. The molecule has 2 aliphatic rings. The number of carbonyl (C=O) groups is 1. The third-order valence-corrected chi connectivity index (χ3v) is 4.40. The number of amides is 1. The maximum absolute atomic E-state index is 13.2. The molecule has 23 heavy (non-hydrogen) atoms. The summed E-state index contributed by atoms with van der Waals surface area (Å²) in [4.78, 5) is 11.7. The Labute approximate surface area is 137 Å². The molecule has 2 atom stereocenters. The third-order valence-electron chi connectivity index (χ3n) is 3.05. The van der Waals surface area contributed by atoms with Crippen molar-refractivity contribution >= 4 is 40.3 Å². The fourth-order valence-electron chi connectivity index (χ4n) is 2.03. The Morgan fingerprint density at radius 3 is 3.17 bits per heavy atom. The Morgan fingerprint density at radius 2 is 2.43 bits per heavy atom. The summed E-state index contributed by atoms with van der Waals surface area (Å²) in [6.07, 6.45) is 5.95. The van der Waals surface area contributed by atoms with Crippen molar-refractivity contribution < 1.29 is 17.9 Å².